The molecule has 0 rings (SSSR count). The molecular formula is C14H27ClO3. The number of halogens is 1. The third-order valence-corrected chi connectivity index (χ3v) is 2.97. The predicted octanol–water partition coefficient (Wildman–Crippen LogP) is 3.43. The maximum absolute atomic E-state index is 9.74. The minimum Gasteiger partial charge on any atom is -0.389 e. The van der Waals surface area contributed by atoms with E-state index in [1.807, 2.05) is 20.8 Å². The van der Waals surface area contributed by atoms with Crippen LogP contribution in [0.1, 0.15) is 52.9 Å². The first kappa shape index (κ1) is 17.9. The Bertz CT molecular complexity index is 239. The molecule has 0 bridgehead atoms. The SMILES string of the molecule is C=C(C)C(O)CCCCCC(O)(Cl)OCC(C)C. The summed E-state index contributed by atoms with van der Waals surface area (Å²) in [6.07, 6.45) is 3.28. The van der Waals surface area contributed by atoms with Crippen LogP contribution >= 0.6 is 11.6 Å². The quantitative estimate of drug-likeness (QED) is 0.279. The molecule has 0 aliphatic rings. The zero-order valence-electron chi connectivity index (χ0n) is 11.8. The Hall–Kier alpha value is -0.0900. The second-order valence-corrected chi connectivity index (χ2v) is 5.95. The summed E-state index contributed by atoms with van der Waals surface area (Å²) in [6, 6.07) is 0. The normalized spacial score (nSPS) is 16.6. The van der Waals surface area contributed by atoms with Gasteiger partial charge in [-0.1, -0.05) is 50.4 Å². The van der Waals surface area contributed by atoms with E-state index in [0.29, 0.717) is 25.4 Å². The van der Waals surface area contributed by atoms with E-state index in [1.165, 1.54) is 0 Å². The Morgan fingerprint density at radius 2 is 1.94 bits per heavy atom. The summed E-state index contributed by atoms with van der Waals surface area (Å²) in [6.45, 7) is 9.99. The Kier molecular flexibility index (Phi) is 8.87. The molecule has 18 heavy (non-hydrogen) atoms. The van der Waals surface area contributed by atoms with Crippen LogP contribution in [0, 0.1) is 5.92 Å². The van der Waals surface area contributed by atoms with E-state index < -0.39 is 11.4 Å². The second kappa shape index (κ2) is 8.92. The van der Waals surface area contributed by atoms with Gasteiger partial charge in [0.05, 0.1) is 12.7 Å². The standard InChI is InChI=1S/C14H27ClO3/c1-11(2)10-18-14(15,17)9-7-5-6-8-13(16)12(3)4/h11,13,16-17H,3,5-10H2,1-2,4H3. The highest BCUT2D eigenvalue weighted by atomic mass is 35.5. The lowest BCUT2D eigenvalue weighted by atomic mass is 10.0. The molecule has 0 radical (unpaired) electrons. The maximum atomic E-state index is 9.74. The molecule has 0 saturated heterocycles. The molecule has 2 atom stereocenters. The third-order valence-electron chi connectivity index (χ3n) is 2.67. The summed E-state index contributed by atoms with van der Waals surface area (Å²) in [5.74, 6) is 0.348. The van der Waals surface area contributed by atoms with E-state index in [1.54, 1.807) is 0 Å². The summed E-state index contributed by atoms with van der Waals surface area (Å²) < 4.78 is 5.21. The smallest absolute Gasteiger partial charge is 0.245 e. The Labute approximate surface area is 116 Å². The zero-order valence-corrected chi connectivity index (χ0v) is 12.5. The summed E-state index contributed by atoms with van der Waals surface area (Å²) in [4.78, 5) is 0. The number of hydrogen-bond donors (Lipinski definition) is 2. The van der Waals surface area contributed by atoms with Crippen LogP contribution in [0.3, 0.4) is 0 Å². The fourth-order valence-electron chi connectivity index (χ4n) is 1.47. The van der Waals surface area contributed by atoms with Gasteiger partial charge < -0.3 is 14.9 Å². The topological polar surface area (TPSA) is 49.7 Å². The van der Waals surface area contributed by atoms with Crippen LogP contribution in [0.15, 0.2) is 12.2 Å². The molecule has 0 aliphatic heterocycles. The molecule has 0 saturated carbocycles. The van der Waals surface area contributed by atoms with Crippen molar-refractivity contribution in [3.05, 3.63) is 12.2 Å². The summed E-state index contributed by atoms with van der Waals surface area (Å²) in [5.41, 5.74) is 0.795. The summed E-state index contributed by atoms with van der Waals surface area (Å²) in [5, 5.41) is 17.7. The number of alkyl halides is 1. The van der Waals surface area contributed by atoms with E-state index in [4.69, 9.17) is 16.3 Å². The van der Waals surface area contributed by atoms with Gasteiger partial charge in [-0.2, -0.15) is 0 Å². The molecule has 0 fully saturated rings. The second-order valence-electron chi connectivity index (χ2n) is 5.36. The lowest BCUT2D eigenvalue weighted by molar-refractivity contribution is -0.149. The molecule has 3 nitrogen and oxygen atoms in total. The Morgan fingerprint density at radius 1 is 1.33 bits per heavy atom. The van der Waals surface area contributed by atoms with Crippen molar-refractivity contribution in [2.75, 3.05) is 6.61 Å². The fraction of sp³-hybridized carbons (Fsp3) is 0.857. The van der Waals surface area contributed by atoms with E-state index in [0.717, 1.165) is 24.8 Å². The van der Waals surface area contributed by atoms with Gasteiger partial charge in [-0.25, -0.2) is 0 Å². The van der Waals surface area contributed by atoms with Gasteiger partial charge in [0.25, 0.3) is 0 Å². The van der Waals surface area contributed by atoms with Crippen molar-refractivity contribution in [3.63, 3.8) is 0 Å². The van der Waals surface area contributed by atoms with Crippen LogP contribution in [-0.4, -0.2) is 28.2 Å². The number of ether oxygens (including phenoxy) is 1. The molecule has 0 amide bonds. The largest absolute Gasteiger partial charge is 0.389 e. The molecular weight excluding hydrogens is 252 g/mol. The Balaban J connectivity index is 3.61. The molecule has 0 aliphatic carbocycles. The Morgan fingerprint density at radius 3 is 2.44 bits per heavy atom. The molecule has 0 heterocycles. The highest BCUT2D eigenvalue weighted by molar-refractivity contribution is 6.21. The number of hydrogen-bond acceptors (Lipinski definition) is 3. The van der Waals surface area contributed by atoms with Crippen molar-refractivity contribution >= 4 is 11.6 Å². The molecule has 2 unspecified atom stereocenters. The van der Waals surface area contributed by atoms with Gasteiger partial charge in [0.15, 0.2) is 0 Å². The van der Waals surface area contributed by atoms with Crippen LogP contribution < -0.4 is 0 Å². The van der Waals surface area contributed by atoms with Crippen molar-refractivity contribution in [2.45, 2.75) is 64.2 Å². The van der Waals surface area contributed by atoms with Crippen LogP contribution in [0.2, 0.25) is 0 Å². The van der Waals surface area contributed by atoms with Gasteiger partial charge in [0.1, 0.15) is 0 Å². The summed E-state index contributed by atoms with van der Waals surface area (Å²) in [7, 11) is 0. The van der Waals surface area contributed by atoms with Gasteiger partial charge in [-0.05, 0) is 25.7 Å². The molecule has 0 aromatic heterocycles. The molecule has 0 aromatic rings. The first-order chi connectivity index (χ1) is 8.24. The zero-order chi connectivity index (χ0) is 14.2. The lowest BCUT2D eigenvalue weighted by Crippen LogP contribution is -2.26. The van der Waals surface area contributed by atoms with Crippen molar-refractivity contribution in [3.8, 4) is 0 Å². The third kappa shape index (κ3) is 9.89. The van der Waals surface area contributed by atoms with Crippen LogP contribution in [0.4, 0.5) is 0 Å². The van der Waals surface area contributed by atoms with Gasteiger partial charge in [-0.3, -0.25) is 0 Å². The van der Waals surface area contributed by atoms with Crippen molar-refractivity contribution < 1.29 is 14.9 Å². The van der Waals surface area contributed by atoms with Gasteiger partial charge in [-0.15, -0.1) is 0 Å². The van der Waals surface area contributed by atoms with Crippen molar-refractivity contribution in [1.29, 1.82) is 0 Å². The molecule has 2 N–H and O–H groups in total. The van der Waals surface area contributed by atoms with Crippen molar-refractivity contribution in [1.82, 2.24) is 0 Å². The monoisotopic (exact) mass is 278 g/mol. The first-order valence-corrected chi connectivity index (χ1v) is 7.01. The van der Waals surface area contributed by atoms with Crippen molar-refractivity contribution in [2.24, 2.45) is 5.92 Å². The van der Waals surface area contributed by atoms with Crippen LogP contribution in [-0.2, 0) is 4.74 Å². The number of aliphatic hydroxyl groups is 2. The van der Waals surface area contributed by atoms with E-state index >= 15 is 0 Å². The minimum absolute atomic E-state index is 0.348. The number of rotatable bonds is 10. The minimum atomic E-state index is -1.54. The number of aliphatic hydroxyl groups excluding tert-OH is 1. The highest BCUT2D eigenvalue weighted by Crippen LogP contribution is 2.23. The molecule has 108 valence electrons. The van der Waals surface area contributed by atoms with E-state index in [2.05, 4.69) is 6.58 Å². The average molecular weight is 279 g/mol. The first-order valence-electron chi connectivity index (χ1n) is 6.63. The molecule has 0 aromatic carbocycles. The predicted molar refractivity (Wildman–Crippen MR) is 75.5 cm³/mol. The molecule has 4 heteroatoms. The van der Waals surface area contributed by atoms with E-state index in [-0.39, 0.29) is 0 Å². The number of unbranched alkanes of at least 4 members (excludes halogenated alkanes) is 2. The van der Waals surface area contributed by atoms with Gasteiger partial charge >= 0.3 is 0 Å². The summed E-state index contributed by atoms with van der Waals surface area (Å²) >= 11 is 5.84. The highest BCUT2D eigenvalue weighted by Gasteiger charge is 2.23. The maximum Gasteiger partial charge on any atom is 0.245 e. The lowest BCUT2D eigenvalue weighted by Gasteiger charge is -2.22. The van der Waals surface area contributed by atoms with Crippen LogP contribution in [0.5, 0.6) is 0 Å². The molecule has 0 spiro atoms. The average Bonchev–Trinajstić information content (AvgIpc) is 2.25. The van der Waals surface area contributed by atoms with Gasteiger partial charge in [0, 0.05) is 6.42 Å². The van der Waals surface area contributed by atoms with E-state index in [9.17, 15) is 10.2 Å². The fourth-order valence-corrected chi connectivity index (χ4v) is 1.67. The van der Waals surface area contributed by atoms with Crippen LogP contribution in [0.25, 0.3) is 0 Å². The van der Waals surface area contributed by atoms with Gasteiger partial charge in [0.2, 0.25) is 5.25 Å².